The molecule has 5 rings (SSSR count). The highest BCUT2D eigenvalue weighted by atomic mass is 32.2. The maximum Gasteiger partial charge on any atom is 0.573 e. The van der Waals surface area contributed by atoms with Gasteiger partial charge < -0.3 is 15.4 Å². The fraction of sp³-hybridized carbons (Fsp3) is 0.242. The Morgan fingerprint density at radius 1 is 1.02 bits per heavy atom. The molecule has 0 unspecified atom stereocenters. The number of carbonyl (C=O) groups is 3. The Hall–Kier alpha value is -5.11. The van der Waals surface area contributed by atoms with Crippen molar-refractivity contribution in [1.29, 1.82) is 0 Å². The number of aromatic nitrogens is 2. The van der Waals surface area contributed by atoms with Gasteiger partial charge in [-0.3, -0.25) is 14.5 Å². The lowest BCUT2D eigenvalue weighted by Crippen LogP contribution is -2.31. The average molecular weight is 665 g/mol. The lowest BCUT2D eigenvalue weighted by Gasteiger charge is -2.22. The first-order valence-corrected chi connectivity index (χ1v) is 15.5. The minimum atomic E-state index is -4.90. The van der Waals surface area contributed by atoms with E-state index in [1.54, 1.807) is 37.4 Å². The Bertz CT molecular complexity index is 1890. The SMILES string of the molecule is CNC(=O)c1ccc(OC(F)(F)F)cc1-c1cn(-c2ccc(NC(=O)N=C3SCC(=O)N3c3cc(C)ccc3C(C)C)cc2)nc1C. The normalized spacial score (nSPS) is 14.2. The number of hydrogen-bond acceptors (Lipinski definition) is 6. The van der Waals surface area contributed by atoms with Crippen LogP contribution >= 0.6 is 11.8 Å². The molecule has 2 heterocycles. The van der Waals surface area contributed by atoms with Gasteiger partial charge in [-0.15, -0.1) is 13.2 Å². The van der Waals surface area contributed by atoms with Crippen molar-refractivity contribution in [2.75, 3.05) is 23.0 Å². The molecular formula is C33H31F3N6O4S. The van der Waals surface area contributed by atoms with Crippen molar-refractivity contribution in [2.45, 2.75) is 40.0 Å². The van der Waals surface area contributed by atoms with E-state index in [4.69, 9.17) is 0 Å². The average Bonchev–Trinajstić information content (AvgIpc) is 3.57. The first kappa shape index (κ1) is 33.3. The van der Waals surface area contributed by atoms with Crippen molar-refractivity contribution >= 4 is 46.1 Å². The Morgan fingerprint density at radius 2 is 1.74 bits per heavy atom. The second-order valence-electron chi connectivity index (χ2n) is 11.0. The van der Waals surface area contributed by atoms with Gasteiger partial charge >= 0.3 is 12.4 Å². The zero-order valence-electron chi connectivity index (χ0n) is 26.1. The number of urea groups is 1. The van der Waals surface area contributed by atoms with Crippen LogP contribution in [0.15, 0.2) is 71.9 Å². The molecule has 1 aliphatic heterocycles. The topological polar surface area (TPSA) is 118 Å². The van der Waals surface area contributed by atoms with E-state index in [9.17, 15) is 27.6 Å². The fourth-order valence-corrected chi connectivity index (χ4v) is 5.94. The van der Waals surface area contributed by atoms with Crippen LogP contribution in [0.25, 0.3) is 16.8 Å². The first-order chi connectivity index (χ1) is 22.2. The van der Waals surface area contributed by atoms with Gasteiger partial charge in [0.25, 0.3) is 5.91 Å². The molecule has 2 N–H and O–H groups in total. The summed E-state index contributed by atoms with van der Waals surface area (Å²) in [4.78, 5) is 44.0. The van der Waals surface area contributed by atoms with Gasteiger partial charge in [-0.2, -0.15) is 10.1 Å². The van der Waals surface area contributed by atoms with E-state index in [-0.39, 0.29) is 33.9 Å². The number of halogens is 3. The monoisotopic (exact) mass is 664 g/mol. The van der Waals surface area contributed by atoms with Gasteiger partial charge in [0.1, 0.15) is 5.75 Å². The third kappa shape index (κ3) is 7.49. The molecule has 0 atom stereocenters. The molecule has 3 aromatic carbocycles. The van der Waals surface area contributed by atoms with Gasteiger partial charge in [0.05, 0.1) is 22.8 Å². The highest BCUT2D eigenvalue weighted by molar-refractivity contribution is 8.15. The summed E-state index contributed by atoms with van der Waals surface area (Å²) in [5.74, 6) is -0.800. The van der Waals surface area contributed by atoms with Gasteiger partial charge in [-0.25, -0.2) is 9.48 Å². The van der Waals surface area contributed by atoms with E-state index in [2.05, 4.69) is 25.5 Å². The number of nitrogens with one attached hydrogen (secondary N) is 2. The summed E-state index contributed by atoms with van der Waals surface area (Å²) in [6, 6.07) is 15.4. The van der Waals surface area contributed by atoms with Crippen LogP contribution in [-0.2, 0) is 4.79 Å². The van der Waals surface area contributed by atoms with Crippen molar-refractivity contribution < 1.29 is 32.3 Å². The molecule has 1 saturated heterocycles. The summed E-state index contributed by atoms with van der Waals surface area (Å²) in [6.45, 7) is 7.68. The lowest BCUT2D eigenvalue weighted by molar-refractivity contribution is -0.274. The number of hydrogen-bond donors (Lipinski definition) is 2. The predicted octanol–water partition coefficient (Wildman–Crippen LogP) is 7.21. The van der Waals surface area contributed by atoms with Gasteiger partial charge in [-0.05, 0) is 79.4 Å². The van der Waals surface area contributed by atoms with Crippen LogP contribution in [0.4, 0.5) is 29.3 Å². The van der Waals surface area contributed by atoms with E-state index in [1.165, 1.54) is 34.5 Å². The molecule has 0 aliphatic carbocycles. The Balaban J connectivity index is 1.37. The van der Waals surface area contributed by atoms with E-state index >= 15 is 0 Å². The molecule has 4 aromatic rings. The second-order valence-corrected chi connectivity index (χ2v) is 12.0. The summed E-state index contributed by atoms with van der Waals surface area (Å²) in [7, 11) is 1.42. The second kappa shape index (κ2) is 13.3. The minimum absolute atomic E-state index is 0.146. The molecule has 0 radical (unpaired) electrons. The van der Waals surface area contributed by atoms with Crippen LogP contribution in [0, 0.1) is 13.8 Å². The van der Waals surface area contributed by atoms with E-state index < -0.39 is 24.1 Å². The molecule has 1 aliphatic rings. The third-order valence-electron chi connectivity index (χ3n) is 7.28. The Kier molecular flexibility index (Phi) is 9.43. The largest absolute Gasteiger partial charge is 0.573 e. The van der Waals surface area contributed by atoms with Gasteiger partial charge in [0.15, 0.2) is 5.17 Å². The van der Waals surface area contributed by atoms with Gasteiger partial charge in [0.2, 0.25) is 5.91 Å². The molecule has 10 nitrogen and oxygen atoms in total. The molecule has 14 heteroatoms. The van der Waals surface area contributed by atoms with Gasteiger partial charge in [-0.1, -0.05) is 37.7 Å². The summed E-state index contributed by atoms with van der Waals surface area (Å²) in [5, 5.41) is 9.99. The number of nitrogens with zero attached hydrogens (tertiary/aromatic N) is 4. The number of benzene rings is 3. The van der Waals surface area contributed by atoms with Crippen LogP contribution in [-0.4, -0.2) is 52.0 Å². The number of amidine groups is 1. The van der Waals surface area contributed by atoms with Crippen molar-refractivity contribution in [3.05, 3.63) is 89.2 Å². The molecule has 1 fully saturated rings. The molecule has 47 heavy (non-hydrogen) atoms. The number of anilines is 2. The summed E-state index contributed by atoms with van der Waals surface area (Å²) in [6.07, 6.45) is -3.31. The van der Waals surface area contributed by atoms with Crippen molar-refractivity contribution in [2.24, 2.45) is 4.99 Å². The van der Waals surface area contributed by atoms with Crippen LogP contribution in [0.1, 0.15) is 46.9 Å². The number of amides is 4. The number of carbonyl (C=O) groups excluding carboxylic acids is 3. The fourth-order valence-electron chi connectivity index (χ4n) is 5.09. The highest BCUT2D eigenvalue weighted by Gasteiger charge is 2.33. The molecule has 244 valence electrons. The summed E-state index contributed by atoms with van der Waals surface area (Å²) < 4.78 is 44.3. The highest BCUT2D eigenvalue weighted by Crippen LogP contribution is 2.35. The first-order valence-electron chi connectivity index (χ1n) is 14.5. The smallest absolute Gasteiger partial charge is 0.406 e. The van der Waals surface area contributed by atoms with Crippen molar-refractivity contribution in [3.63, 3.8) is 0 Å². The molecule has 0 spiro atoms. The minimum Gasteiger partial charge on any atom is -0.406 e. The zero-order valence-corrected chi connectivity index (χ0v) is 26.9. The van der Waals surface area contributed by atoms with E-state index in [0.29, 0.717) is 28.3 Å². The molecular weight excluding hydrogens is 633 g/mol. The van der Waals surface area contributed by atoms with E-state index in [1.807, 2.05) is 39.0 Å². The van der Waals surface area contributed by atoms with Crippen molar-refractivity contribution in [1.82, 2.24) is 15.1 Å². The Morgan fingerprint density at radius 3 is 2.40 bits per heavy atom. The maximum atomic E-state index is 12.9. The van der Waals surface area contributed by atoms with Crippen LogP contribution < -0.4 is 20.3 Å². The molecule has 1 aromatic heterocycles. The number of aryl methyl sites for hydroxylation is 2. The van der Waals surface area contributed by atoms with Crippen LogP contribution in [0.2, 0.25) is 0 Å². The molecule has 4 amide bonds. The quantitative estimate of drug-likeness (QED) is 0.216. The number of aliphatic imine (C=N–C) groups is 1. The third-order valence-corrected chi connectivity index (χ3v) is 8.20. The van der Waals surface area contributed by atoms with Crippen molar-refractivity contribution in [3.8, 4) is 22.6 Å². The summed E-state index contributed by atoms with van der Waals surface area (Å²) in [5.41, 5.74) is 4.91. The van der Waals surface area contributed by atoms with Crippen LogP contribution in [0.3, 0.4) is 0 Å². The standard InChI is InChI=1S/C33H31F3N6O4S/c1-18(2)24-12-6-19(3)14-28(24)42-29(43)17-47-32(42)39-31(45)38-21-7-9-22(10-8-21)41-16-27(20(4)40-41)26-15-23(46-33(34,35)36)11-13-25(26)30(44)37-5/h6-16,18H,17H2,1-5H3,(H,37,44)(H,38,45). The number of alkyl halides is 3. The number of ether oxygens (including phenoxy) is 1. The van der Waals surface area contributed by atoms with E-state index in [0.717, 1.165) is 23.3 Å². The maximum absolute atomic E-state index is 12.9. The zero-order chi connectivity index (χ0) is 34.0. The summed E-state index contributed by atoms with van der Waals surface area (Å²) >= 11 is 1.19. The molecule has 0 saturated carbocycles. The lowest BCUT2D eigenvalue weighted by atomic mass is 9.99. The van der Waals surface area contributed by atoms with Gasteiger partial charge in [0, 0.05) is 35.6 Å². The number of rotatable bonds is 7. The molecule has 0 bridgehead atoms. The predicted molar refractivity (Wildman–Crippen MR) is 175 cm³/mol. The Labute approximate surface area is 273 Å². The number of thioether (sulfide) groups is 1. The van der Waals surface area contributed by atoms with Crippen LogP contribution in [0.5, 0.6) is 5.75 Å².